The van der Waals surface area contributed by atoms with Gasteiger partial charge in [-0.05, 0) is 25.8 Å². The third kappa shape index (κ3) is 3.97. The van der Waals surface area contributed by atoms with E-state index in [2.05, 4.69) is 9.97 Å². The van der Waals surface area contributed by atoms with E-state index in [1.54, 1.807) is 12.4 Å². The van der Waals surface area contributed by atoms with Gasteiger partial charge < -0.3 is 15.4 Å². The predicted octanol–water partition coefficient (Wildman–Crippen LogP) is 0.447. The van der Waals surface area contributed by atoms with E-state index in [0.717, 1.165) is 32.4 Å². The molecule has 2 heterocycles. The van der Waals surface area contributed by atoms with Gasteiger partial charge in [-0.1, -0.05) is 0 Å². The van der Waals surface area contributed by atoms with Gasteiger partial charge >= 0.3 is 0 Å². The van der Waals surface area contributed by atoms with Crippen molar-refractivity contribution in [3.05, 3.63) is 24.3 Å². The van der Waals surface area contributed by atoms with Gasteiger partial charge in [-0.2, -0.15) is 0 Å². The van der Waals surface area contributed by atoms with Crippen molar-refractivity contribution >= 4 is 5.91 Å². The summed E-state index contributed by atoms with van der Waals surface area (Å²) in [5, 5.41) is 0. The minimum Gasteiger partial charge on any atom is -0.378 e. The Labute approximate surface area is 113 Å². The molecule has 2 rings (SSSR count). The molecular weight excluding hydrogens is 244 g/mol. The summed E-state index contributed by atoms with van der Waals surface area (Å²) in [6, 6.07) is 0. The van der Waals surface area contributed by atoms with Gasteiger partial charge in [0.1, 0.15) is 6.33 Å². The maximum absolute atomic E-state index is 12.2. The first-order valence-electron chi connectivity index (χ1n) is 6.67. The summed E-state index contributed by atoms with van der Waals surface area (Å²) in [5.41, 5.74) is 5.97. The van der Waals surface area contributed by atoms with Crippen molar-refractivity contribution in [1.29, 1.82) is 0 Å². The quantitative estimate of drug-likeness (QED) is 0.781. The fourth-order valence-corrected chi connectivity index (χ4v) is 2.15. The fraction of sp³-hybridized carbons (Fsp3) is 0.615. The lowest BCUT2D eigenvalue weighted by Crippen LogP contribution is -2.41. The third-order valence-electron chi connectivity index (χ3n) is 3.24. The van der Waals surface area contributed by atoms with Gasteiger partial charge in [0.2, 0.25) is 0 Å². The number of ether oxygens (including phenoxy) is 1. The molecule has 1 aromatic heterocycles. The lowest BCUT2D eigenvalue weighted by molar-refractivity contribution is 0.00842. The van der Waals surface area contributed by atoms with Crippen LogP contribution in [0, 0.1) is 0 Å². The summed E-state index contributed by atoms with van der Waals surface area (Å²) < 4.78 is 5.71. The van der Waals surface area contributed by atoms with Crippen molar-refractivity contribution in [2.45, 2.75) is 25.4 Å². The fourth-order valence-electron chi connectivity index (χ4n) is 2.15. The van der Waals surface area contributed by atoms with Crippen LogP contribution >= 0.6 is 0 Å². The molecule has 1 aliphatic rings. The molecule has 1 saturated heterocycles. The lowest BCUT2D eigenvalue weighted by Gasteiger charge is -2.31. The smallest absolute Gasteiger partial charge is 0.256 e. The average Bonchev–Trinajstić information content (AvgIpc) is 2.48. The molecule has 6 nitrogen and oxygen atoms in total. The molecule has 1 amide bonds. The van der Waals surface area contributed by atoms with Crippen molar-refractivity contribution in [1.82, 2.24) is 14.9 Å². The third-order valence-corrected chi connectivity index (χ3v) is 3.24. The second-order valence-electron chi connectivity index (χ2n) is 4.63. The number of piperidine rings is 1. The first-order chi connectivity index (χ1) is 9.31. The molecule has 0 atom stereocenters. The Bertz CT molecular complexity index is 391. The van der Waals surface area contributed by atoms with Gasteiger partial charge in [0.05, 0.1) is 11.7 Å². The van der Waals surface area contributed by atoms with E-state index in [-0.39, 0.29) is 12.0 Å². The van der Waals surface area contributed by atoms with Crippen molar-refractivity contribution in [2.24, 2.45) is 5.73 Å². The van der Waals surface area contributed by atoms with Crippen LogP contribution in [0.2, 0.25) is 0 Å². The summed E-state index contributed by atoms with van der Waals surface area (Å²) in [4.78, 5) is 21.7. The van der Waals surface area contributed by atoms with Gasteiger partial charge in [0.15, 0.2) is 0 Å². The predicted molar refractivity (Wildman–Crippen MR) is 70.6 cm³/mol. The number of carbonyl (C=O) groups is 1. The normalized spacial score (nSPS) is 16.6. The number of rotatable bonds is 5. The Morgan fingerprint density at radius 3 is 2.68 bits per heavy atom. The molecule has 0 unspecified atom stereocenters. The summed E-state index contributed by atoms with van der Waals surface area (Å²) >= 11 is 0. The van der Waals surface area contributed by atoms with E-state index in [1.165, 1.54) is 6.33 Å². The molecular formula is C13H20N4O2. The minimum absolute atomic E-state index is 0.000934. The lowest BCUT2D eigenvalue weighted by atomic mass is 10.1. The highest BCUT2D eigenvalue weighted by molar-refractivity contribution is 5.93. The Hall–Kier alpha value is -1.53. The summed E-state index contributed by atoms with van der Waals surface area (Å²) in [7, 11) is 0. The molecule has 1 fully saturated rings. The number of hydrogen-bond acceptors (Lipinski definition) is 5. The molecule has 1 aromatic rings. The van der Waals surface area contributed by atoms with Crippen molar-refractivity contribution < 1.29 is 9.53 Å². The van der Waals surface area contributed by atoms with Gasteiger partial charge in [-0.3, -0.25) is 4.79 Å². The molecule has 0 bridgehead atoms. The van der Waals surface area contributed by atoms with E-state index < -0.39 is 0 Å². The average molecular weight is 264 g/mol. The number of hydrogen-bond donors (Lipinski definition) is 1. The summed E-state index contributed by atoms with van der Waals surface area (Å²) in [6.07, 6.45) is 7.43. The van der Waals surface area contributed by atoms with Crippen LogP contribution in [0.1, 0.15) is 29.6 Å². The molecule has 1 aliphatic heterocycles. The second kappa shape index (κ2) is 7.16. The largest absolute Gasteiger partial charge is 0.378 e. The van der Waals surface area contributed by atoms with E-state index in [0.29, 0.717) is 18.7 Å². The van der Waals surface area contributed by atoms with Crippen LogP contribution in [0.4, 0.5) is 0 Å². The number of carbonyl (C=O) groups excluding carboxylic acids is 1. The van der Waals surface area contributed by atoms with Crippen LogP contribution in [0.25, 0.3) is 0 Å². The molecule has 2 N–H and O–H groups in total. The zero-order valence-corrected chi connectivity index (χ0v) is 11.0. The van der Waals surface area contributed by atoms with E-state index in [9.17, 15) is 4.79 Å². The van der Waals surface area contributed by atoms with Crippen LogP contribution in [-0.2, 0) is 4.74 Å². The molecule has 104 valence electrons. The van der Waals surface area contributed by atoms with Crippen molar-refractivity contribution in [3.63, 3.8) is 0 Å². The molecule has 19 heavy (non-hydrogen) atoms. The van der Waals surface area contributed by atoms with E-state index >= 15 is 0 Å². The first-order valence-corrected chi connectivity index (χ1v) is 6.67. The molecule has 6 heteroatoms. The number of likely N-dealkylation sites (tertiary alicyclic amines) is 1. The highest BCUT2D eigenvalue weighted by Crippen LogP contribution is 2.15. The Kier molecular flexibility index (Phi) is 5.23. The van der Waals surface area contributed by atoms with Gasteiger partial charge in [0.25, 0.3) is 5.91 Å². The molecule has 0 aromatic carbocycles. The maximum Gasteiger partial charge on any atom is 0.256 e. The van der Waals surface area contributed by atoms with Gasteiger partial charge in [-0.25, -0.2) is 9.97 Å². The molecule has 0 aliphatic carbocycles. The number of nitrogens with two attached hydrogens (primary N) is 1. The van der Waals surface area contributed by atoms with Crippen LogP contribution in [0.5, 0.6) is 0 Å². The summed E-state index contributed by atoms with van der Waals surface area (Å²) in [6.45, 7) is 2.81. The Balaban J connectivity index is 1.78. The Morgan fingerprint density at radius 1 is 1.37 bits per heavy atom. The van der Waals surface area contributed by atoms with Crippen molar-refractivity contribution in [2.75, 3.05) is 26.2 Å². The van der Waals surface area contributed by atoms with Crippen LogP contribution in [0.15, 0.2) is 18.7 Å². The highest BCUT2D eigenvalue weighted by atomic mass is 16.5. The molecule has 0 saturated carbocycles. The van der Waals surface area contributed by atoms with Gasteiger partial charge in [-0.15, -0.1) is 0 Å². The zero-order valence-electron chi connectivity index (χ0n) is 11.0. The molecule has 0 radical (unpaired) electrons. The van der Waals surface area contributed by atoms with Crippen LogP contribution < -0.4 is 5.73 Å². The molecule has 0 spiro atoms. The topological polar surface area (TPSA) is 81.3 Å². The SMILES string of the molecule is NCCCOC1CCN(C(=O)c2cncnc2)CC1. The first kappa shape index (κ1) is 13.9. The number of nitrogens with zero attached hydrogens (tertiary/aromatic N) is 3. The Morgan fingerprint density at radius 2 is 2.05 bits per heavy atom. The van der Waals surface area contributed by atoms with Gasteiger partial charge in [0, 0.05) is 32.1 Å². The van der Waals surface area contributed by atoms with Crippen LogP contribution in [0.3, 0.4) is 0 Å². The van der Waals surface area contributed by atoms with E-state index in [1.807, 2.05) is 4.90 Å². The minimum atomic E-state index is 0.000934. The number of amides is 1. The van der Waals surface area contributed by atoms with E-state index in [4.69, 9.17) is 10.5 Å². The highest BCUT2D eigenvalue weighted by Gasteiger charge is 2.24. The monoisotopic (exact) mass is 264 g/mol. The second-order valence-corrected chi connectivity index (χ2v) is 4.63. The zero-order chi connectivity index (χ0) is 13.5. The standard InChI is InChI=1S/C13H20N4O2/c14-4-1-7-19-12-2-5-17(6-3-12)13(18)11-8-15-10-16-9-11/h8-10,12H,1-7,14H2. The summed E-state index contributed by atoms with van der Waals surface area (Å²) in [5.74, 6) is 0.000934. The maximum atomic E-state index is 12.2. The van der Waals surface area contributed by atoms with Crippen LogP contribution in [-0.4, -0.2) is 53.1 Å². The van der Waals surface area contributed by atoms with Crippen molar-refractivity contribution in [3.8, 4) is 0 Å². The number of aromatic nitrogens is 2.